The van der Waals surface area contributed by atoms with Gasteiger partial charge in [-0.05, 0) is 36.9 Å². The molecule has 0 atom stereocenters. The van der Waals surface area contributed by atoms with Gasteiger partial charge in [-0.25, -0.2) is 14.4 Å². The minimum atomic E-state index is -0.244. The Bertz CT molecular complexity index is 1000. The molecule has 4 rings (SSSR count). The molecular formula is C22H19FN4. The summed E-state index contributed by atoms with van der Waals surface area (Å²) in [6.45, 7) is 1.77. The second-order valence-corrected chi connectivity index (χ2v) is 6.89. The Morgan fingerprint density at radius 3 is 2.52 bits per heavy atom. The zero-order valence-electron chi connectivity index (χ0n) is 15.1. The maximum Gasteiger partial charge on any atom is 0.133 e. The van der Waals surface area contributed by atoms with Crippen LogP contribution < -0.4 is 0 Å². The number of fused-ring (bicyclic) bond motifs is 1. The summed E-state index contributed by atoms with van der Waals surface area (Å²) in [5.74, 6) is 0.496. The van der Waals surface area contributed by atoms with Crippen LogP contribution in [0.4, 0.5) is 4.39 Å². The van der Waals surface area contributed by atoms with Gasteiger partial charge in [0, 0.05) is 37.1 Å². The monoisotopic (exact) mass is 358 g/mol. The molecular weight excluding hydrogens is 339 g/mol. The van der Waals surface area contributed by atoms with E-state index in [-0.39, 0.29) is 5.82 Å². The topological polar surface area (TPSA) is 52.8 Å². The van der Waals surface area contributed by atoms with Gasteiger partial charge in [0.25, 0.3) is 0 Å². The number of benzene rings is 2. The smallest absolute Gasteiger partial charge is 0.133 e. The van der Waals surface area contributed by atoms with Crippen molar-refractivity contribution in [1.82, 2.24) is 14.9 Å². The highest BCUT2D eigenvalue weighted by molar-refractivity contribution is 5.65. The summed E-state index contributed by atoms with van der Waals surface area (Å²) in [5, 5.41) is 9.04. The maximum atomic E-state index is 13.2. The van der Waals surface area contributed by atoms with Gasteiger partial charge in [-0.15, -0.1) is 0 Å². The number of halogens is 1. The minimum Gasteiger partial charge on any atom is -0.302 e. The Morgan fingerprint density at radius 2 is 1.81 bits per heavy atom. The molecule has 0 N–H and O–H groups in total. The molecule has 27 heavy (non-hydrogen) atoms. The van der Waals surface area contributed by atoms with E-state index in [9.17, 15) is 4.39 Å². The Labute approximate surface area is 157 Å². The van der Waals surface area contributed by atoms with E-state index in [0.717, 1.165) is 53.4 Å². The predicted octanol–water partition coefficient (Wildman–Crippen LogP) is 3.73. The number of rotatable bonds is 3. The largest absolute Gasteiger partial charge is 0.302 e. The maximum absolute atomic E-state index is 13.2. The van der Waals surface area contributed by atoms with Crippen molar-refractivity contribution < 1.29 is 4.39 Å². The van der Waals surface area contributed by atoms with E-state index in [1.807, 2.05) is 24.3 Å². The third-order valence-corrected chi connectivity index (χ3v) is 4.86. The summed E-state index contributed by atoms with van der Waals surface area (Å²) >= 11 is 0. The first-order chi connectivity index (χ1) is 13.1. The Hall–Kier alpha value is -3.10. The number of likely N-dealkylation sites (N-methyl/N-ethyl adjacent to an activating group) is 1. The van der Waals surface area contributed by atoms with Gasteiger partial charge < -0.3 is 4.90 Å². The standard InChI is InChI=1S/C22H19FN4/c1-27-11-10-20-19(14-27)22(17-6-2-16(13-24)3-7-17)26-21(25-20)12-15-4-8-18(23)9-5-15/h2-9H,10-12,14H2,1H3. The van der Waals surface area contributed by atoms with E-state index in [2.05, 4.69) is 18.0 Å². The lowest BCUT2D eigenvalue weighted by Crippen LogP contribution is -2.28. The van der Waals surface area contributed by atoms with Gasteiger partial charge in [0.1, 0.15) is 11.6 Å². The number of aromatic nitrogens is 2. The highest BCUT2D eigenvalue weighted by Gasteiger charge is 2.21. The van der Waals surface area contributed by atoms with Gasteiger partial charge >= 0.3 is 0 Å². The van der Waals surface area contributed by atoms with Crippen molar-refractivity contribution in [2.75, 3.05) is 13.6 Å². The average Bonchev–Trinajstić information content (AvgIpc) is 2.69. The quantitative estimate of drug-likeness (QED) is 0.716. The van der Waals surface area contributed by atoms with Crippen LogP contribution in [0.1, 0.15) is 28.2 Å². The second kappa shape index (κ2) is 7.26. The van der Waals surface area contributed by atoms with Crippen LogP contribution in [-0.2, 0) is 19.4 Å². The van der Waals surface area contributed by atoms with Gasteiger partial charge in [0.2, 0.25) is 0 Å². The zero-order valence-corrected chi connectivity index (χ0v) is 15.1. The Balaban J connectivity index is 1.77. The van der Waals surface area contributed by atoms with Crippen molar-refractivity contribution in [1.29, 1.82) is 5.26 Å². The molecule has 0 unspecified atom stereocenters. The first-order valence-corrected chi connectivity index (χ1v) is 8.94. The normalized spacial score (nSPS) is 13.8. The number of hydrogen-bond acceptors (Lipinski definition) is 4. The van der Waals surface area contributed by atoms with E-state index >= 15 is 0 Å². The van der Waals surface area contributed by atoms with Crippen LogP contribution in [0.25, 0.3) is 11.3 Å². The average molecular weight is 358 g/mol. The van der Waals surface area contributed by atoms with Crippen LogP contribution in [0.5, 0.6) is 0 Å². The van der Waals surface area contributed by atoms with E-state index < -0.39 is 0 Å². The fourth-order valence-corrected chi connectivity index (χ4v) is 3.41. The van der Waals surface area contributed by atoms with E-state index in [1.165, 1.54) is 12.1 Å². The summed E-state index contributed by atoms with van der Waals surface area (Å²) in [6, 6.07) is 16.1. The molecule has 4 nitrogen and oxygen atoms in total. The molecule has 3 aromatic rings. The highest BCUT2D eigenvalue weighted by Crippen LogP contribution is 2.28. The van der Waals surface area contributed by atoms with Crippen molar-refractivity contribution in [2.45, 2.75) is 19.4 Å². The van der Waals surface area contributed by atoms with E-state index in [0.29, 0.717) is 12.0 Å². The summed E-state index contributed by atoms with van der Waals surface area (Å²) < 4.78 is 13.2. The third-order valence-electron chi connectivity index (χ3n) is 4.86. The fraction of sp³-hybridized carbons (Fsp3) is 0.227. The highest BCUT2D eigenvalue weighted by atomic mass is 19.1. The Morgan fingerprint density at radius 1 is 1.07 bits per heavy atom. The van der Waals surface area contributed by atoms with Crippen molar-refractivity contribution in [3.05, 3.63) is 82.6 Å². The van der Waals surface area contributed by atoms with E-state index in [1.54, 1.807) is 12.1 Å². The van der Waals surface area contributed by atoms with Crippen molar-refractivity contribution in [2.24, 2.45) is 0 Å². The third kappa shape index (κ3) is 3.71. The van der Waals surface area contributed by atoms with Crippen LogP contribution in [0.15, 0.2) is 48.5 Å². The molecule has 1 aliphatic rings. The number of hydrogen-bond donors (Lipinski definition) is 0. The number of nitriles is 1. The molecule has 0 aliphatic carbocycles. The lowest BCUT2D eigenvalue weighted by Gasteiger charge is -2.26. The molecule has 0 saturated carbocycles. The molecule has 134 valence electrons. The molecule has 0 radical (unpaired) electrons. The summed E-state index contributed by atoms with van der Waals surface area (Å²) in [6.07, 6.45) is 1.45. The summed E-state index contributed by atoms with van der Waals surface area (Å²) in [4.78, 5) is 11.9. The molecule has 0 fully saturated rings. The van der Waals surface area contributed by atoms with Crippen molar-refractivity contribution in [3.63, 3.8) is 0 Å². The van der Waals surface area contributed by atoms with Crippen LogP contribution in [0, 0.1) is 17.1 Å². The molecule has 0 saturated heterocycles. The van der Waals surface area contributed by atoms with Gasteiger partial charge in [-0.2, -0.15) is 5.26 Å². The van der Waals surface area contributed by atoms with Crippen LogP contribution in [-0.4, -0.2) is 28.5 Å². The summed E-state index contributed by atoms with van der Waals surface area (Å²) in [5.41, 5.74) is 5.76. The zero-order chi connectivity index (χ0) is 18.8. The van der Waals surface area contributed by atoms with Crippen molar-refractivity contribution >= 4 is 0 Å². The fourth-order valence-electron chi connectivity index (χ4n) is 3.41. The van der Waals surface area contributed by atoms with Crippen LogP contribution in [0.3, 0.4) is 0 Å². The molecule has 2 aromatic carbocycles. The van der Waals surface area contributed by atoms with Gasteiger partial charge in [-0.3, -0.25) is 0 Å². The molecule has 2 heterocycles. The first kappa shape index (κ1) is 17.3. The summed E-state index contributed by atoms with van der Waals surface area (Å²) in [7, 11) is 2.10. The molecule has 0 amide bonds. The first-order valence-electron chi connectivity index (χ1n) is 8.94. The van der Waals surface area contributed by atoms with E-state index in [4.69, 9.17) is 15.2 Å². The SMILES string of the molecule is CN1CCc2nc(Cc3ccc(F)cc3)nc(-c3ccc(C#N)cc3)c2C1. The lowest BCUT2D eigenvalue weighted by atomic mass is 9.98. The minimum absolute atomic E-state index is 0.244. The van der Waals surface area contributed by atoms with Crippen LogP contribution in [0.2, 0.25) is 0 Å². The Kier molecular flexibility index (Phi) is 4.66. The molecule has 1 aromatic heterocycles. The van der Waals surface area contributed by atoms with Crippen molar-refractivity contribution in [3.8, 4) is 17.3 Å². The van der Waals surface area contributed by atoms with Crippen LogP contribution >= 0.6 is 0 Å². The van der Waals surface area contributed by atoms with Gasteiger partial charge in [0.15, 0.2) is 0 Å². The molecule has 1 aliphatic heterocycles. The molecule has 5 heteroatoms. The molecule has 0 spiro atoms. The predicted molar refractivity (Wildman–Crippen MR) is 101 cm³/mol. The van der Waals surface area contributed by atoms with Gasteiger partial charge in [0.05, 0.1) is 23.0 Å². The second-order valence-electron chi connectivity index (χ2n) is 6.89. The van der Waals surface area contributed by atoms with Gasteiger partial charge in [-0.1, -0.05) is 24.3 Å². The lowest BCUT2D eigenvalue weighted by molar-refractivity contribution is 0.309. The molecule has 0 bridgehead atoms. The number of nitrogens with zero attached hydrogens (tertiary/aromatic N) is 4.